The van der Waals surface area contributed by atoms with Crippen LogP contribution in [-0.2, 0) is 4.74 Å². The van der Waals surface area contributed by atoms with E-state index in [0.717, 1.165) is 12.8 Å². The van der Waals surface area contributed by atoms with Gasteiger partial charge in [-0.3, -0.25) is 0 Å². The van der Waals surface area contributed by atoms with Gasteiger partial charge in [-0.15, -0.1) is 0 Å². The highest BCUT2D eigenvalue weighted by Crippen LogP contribution is 2.31. The van der Waals surface area contributed by atoms with Crippen molar-refractivity contribution in [3.05, 3.63) is 0 Å². The molecule has 2 nitrogen and oxygen atoms in total. The van der Waals surface area contributed by atoms with E-state index in [2.05, 4.69) is 4.74 Å². The third-order valence-electron chi connectivity index (χ3n) is 1.80. The first-order valence-corrected chi connectivity index (χ1v) is 3.89. The summed E-state index contributed by atoms with van der Waals surface area (Å²) >= 11 is 0. The summed E-state index contributed by atoms with van der Waals surface area (Å²) in [7, 11) is 0. The number of nitrogens with two attached hydrogens (primary N) is 1. The Morgan fingerprint density at radius 3 is 2.42 bits per heavy atom. The Balaban J connectivity index is 2.01. The molecule has 0 saturated heterocycles. The summed E-state index contributed by atoms with van der Waals surface area (Å²) < 4.78 is 39.1. The highest BCUT2D eigenvalue weighted by Gasteiger charge is 2.31. The molecule has 0 aromatic carbocycles. The molecule has 0 heterocycles. The van der Waals surface area contributed by atoms with Crippen LogP contribution in [0.5, 0.6) is 0 Å². The second kappa shape index (κ2) is 3.62. The Bertz CT molecular complexity index is 144. The molecule has 0 amide bonds. The first-order valence-electron chi connectivity index (χ1n) is 3.89. The van der Waals surface area contributed by atoms with Crippen LogP contribution in [0, 0.1) is 5.92 Å². The zero-order chi connectivity index (χ0) is 9.19. The largest absolute Gasteiger partial charge is 0.411 e. The maximum absolute atomic E-state index is 11.6. The lowest BCUT2D eigenvalue weighted by Gasteiger charge is -2.12. The third kappa shape index (κ3) is 3.92. The Kier molecular flexibility index (Phi) is 2.95. The van der Waals surface area contributed by atoms with Crippen molar-refractivity contribution in [2.75, 3.05) is 13.2 Å². The number of hydrogen-bond donors (Lipinski definition) is 1. The van der Waals surface area contributed by atoms with Gasteiger partial charge >= 0.3 is 6.18 Å². The summed E-state index contributed by atoms with van der Waals surface area (Å²) in [6.45, 7) is -1.17. The maximum Gasteiger partial charge on any atom is 0.411 e. The van der Waals surface area contributed by atoms with Gasteiger partial charge in [0.2, 0.25) is 0 Å². The molecule has 1 fully saturated rings. The minimum atomic E-state index is -4.23. The fourth-order valence-electron chi connectivity index (χ4n) is 0.971. The first kappa shape index (κ1) is 9.80. The number of halogens is 3. The molecule has 0 aliphatic heterocycles. The highest BCUT2D eigenvalue weighted by atomic mass is 19.4. The van der Waals surface area contributed by atoms with Crippen LogP contribution in [0.3, 0.4) is 0 Å². The van der Waals surface area contributed by atoms with Crippen LogP contribution in [0.15, 0.2) is 0 Å². The normalized spacial score (nSPS) is 21.0. The molecule has 1 aliphatic carbocycles. The van der Waals surface area contributed by atoms with Crippen LogP contribution < -0.4 is 5.73 Å². The van der Waals surface area contributed by atoms with Crippen molar-refractivity contribution in [2.24, 2.45) is 11.7 Å². The molecule has 0 aromatic heterocycles. The fourth-order valence-corrected chi connectivity index (χ4v) is 0.971. The maximum atomic E-state index is 11.6. The van der Waals surface area contributed by atoms with E-state index in [9.17, 15) is 13.2 Å². The van der Waals surface area contributed by atoms with Gasteiger partial charge < -0.3 is 10.5 Å². The van der Waals surface area contributed by atoms with Gasteiger partial charge in [-0.2, -0.15) is 13.2 Å². The van der Waals surface area contributed by atoms with Crippen molar-refractivity contribution in [2.45, 2.75) is 25.1 Å². The predicted octanol–water partition coefficient (Wildman–Crippen LogP) is 1.30. The summed E-state index contributed by atoms with van der Waals surface area (Å²) in [5.74, 6) is 0.387. The van der Waals surface area contributed by atoms with Crippen LogP contribution in [0.4, 0.5) is 13.2 Å². The van der Waals surface area contributed by atoms with Crippen molar-refractivity contribution in [3.8, 4) is 0 Å². The quantitative estimate of drug-likeness (QED) is 0.713. The van der Waals surface area contributed by atoms with Crippen molar-refractivity contribution in [1.82, 2.24) is 0 Å². The minimum Gasteiger partial charge on any atom is -0.370 e. The Morgan fingerprint density at radius 1 is 1.42 bits per heavy atom. The topological polar surface area (TPSA) is 35.2 Å². The molecule has 1 atom stereocenters. The van der Waals surface area contributed by atoms with Crippen LogP contribution >= 0.6 is 0 Å². The van der Waals surface area contributed by atoms with E-state index < -0.39 is 12.8 Å². The number of hydrogen-bond acceptors (Lipinski definition) is 2. The molecule has 12 heavy (non-hydrogen) atoms. The van der Waals surface area contributed by atoms with E-state index in [1.807, 2.05) is 0 Å². The number of rotatable bonds is 4. The van der Waals surface area contributed by atoms with Gasteiger partial charge in [0.15, 0.2) is 0 Å². The third-order valence-corrected chi connectivity index (χ3v) is 1.80. The molecule has 1 unspecified atom stereocenters. The highest BCUT2D eigenvalue weighted by molar-refractivity contribution is 4.83. The van der Waals surface area contributed by atoms with E-state index >= 15 is 0 Å². The Labute approximate surface area is 68.9 Å². The van der Waals surface area contributed by atoms with E-state index in [1.54, 1.807) is 0 Å². The zero-order valence-electron chi connectivity index (χ0n) is 6.60. The number of alkyl halides is 3. The second-order valence-corrected chi connectivity index (χ2v) is 3.13. The Morgan fingerprint density at radius 2 is 2.00 bits per heavy atom. The molecule has 0 aromatic rings. The van der Waals surface area contributed by atoms with E-state index in [-0.39, 0.29) is 12.6 Å². The van der Waals surface area contributed by atoms with Crippen molar-refractivity contribution >= 4 is 0 Å². The smallest absolute Gasteiger partial charge is 0.370 e. The molecule has 1 aliphatic rings. The lowest BCUT2D eigenvalue weighted by molar-refractivity contribution is -0.175. The average Bonchev–Trinajstić information content (AvgIpc) is 2.64. The summed E-state index contributed by atoms with van der Waals surface area (Å²) in [6.07, 6.45) is -2.18. The SMILES string of the molecule is NC(COCC(F)(F)F)C1CC1. The van der Waals surface area contributed by atoms with Gasteiger partial charge in [0, 0.05) is 6.04 Å². The van der Waals surface area contributed by atoms with Crippen molar-refractivity contribution in [1.29, 1.82) is 0 Å². The van der Waals surface area contributed by atoms with Gasteiger partial charge in [-0.05, 0) is 18.8 Å². The minimum absolute atomic E-state index is 0.0180. The first-order chi connectivity index (χ1) is 5.49. The van der Waals surface area contributed by atoms with Gasteiger partial charge in [0.05, 0.1) is 6.61 Å². The molecular formula is C7H12F3NO. The Hall–Kier alpha value is -0.290. The summed E-state index contributed by atoms with van der Waals surface area (Å²) in [5, 5.41) is 0. The molecule has 5 heteroatoms. The predicted molar refractivity (Wildman–Crippen MR) is 37.6 cm³/mol. The summed E-state index contributed by atoms with van der Waals surface area (Å²) in [6, 6.07) is -0.215. The zero-order valence-corrected chi connectivity index (χ0v) is 6.60. The second-order valence-electron chi connectivity index (χ2n) is 3.13. The molecular weight excluding hydrogens is 171 g/mol. The van der Waals surface area contributed by atoms with E-state index in [0.29, 0.717) is 5.92 Å². The van der Waals surface area contributed by atoms with Crippen LogP contribution in [-0.4, -0.2) is 25.4 Å². The molecule has 0 spiro atoms. The lowest BCUT2D eigenvalue weighted by atomic mass is 10.2. The molecule has 72 valence electrons. The fraction of sp³-hybridized carbons (Fsp3) is 1.00. The van der Waals surface area contributed by atoms with Gasteiger partial charge in [-0.25, -0.2) is 0 Å². The molecule has 0 bridgehead atoms. The van der Waals surface area contributed by atoms with Crippen molar-refractivity contribution in [3.63, 3.8) is 0 Å². The van der Waals surface area contributed by atoms with Gasteiger partial charge in [0.25, 0.3) is 0 Å². The lowest BCUT2D eigenvalue weighted by Crippen LogP contribution is -2.30. The van der Waals surface area contributed by atoms with Crippen LogP contribution in [0.2, 0.25) is 0 Å². The molecule has 2 N–H and O–H groups in total. The standard InChI is InChI=1S/C7H12F3NO/c8-7(9,10)4-12-3-6(11)5-1-2-5/h5-6H,1-4,11H2. The molecule has 0 radical (unpaired) electrons. The number of ether oxygens (including phenoxy) is 1. The average molecular weight is 183 g/mol. The summed E-state index contributed by atoms with van der Waals surface area (Å²) in [4.78, 5) is 0. The van der Waals surface area contributed by atoms with Gasteiger partial charge in [0.1, 0.15) is 6.61 Å². The molecule has 1 rings (SSSR count). The monoisotopic (exact) mass is 183 g/mol. The molecule has 1 saturated carbocycles. The van der Waals surface area contributed by atoms with E-state index in [1.165, 1.54) is 0 Å². The van der Waals surface area contributed by atoms with Gasteiger partial charge in [-0.1, -0.05) is 0 Å². The van der Waals surface area contributed by atoms with E-state index in [4.69, 9.17) is 5.73 Å². The summed E-state index contributed by atoms with van der Waals surface area (Å²) in [5.41, 5.74) is 5.52. The van der Waals surface area contributed by atoms with Crippen LogP contribution in [0.1, 0.15) is 12.8 Å². The van der Waals surface area contributed by atoms with Crippen molar-refractivity contribution < 1.29 is 17.9 Å². The van der Waals surface area contributed by atoms with Crippen LogP contribution in [0.25, 0.3) is 0 Å².